The Morgan fingerprint density at radius 1 is 1.21 bits per heavy atom. The van der Waals surface area contributed by atoms with Crippen molar-refractivity contribution in [3.8, 4) is 6.07 Å². The Morgan fingerprint density at radius 2 is 1.86 bits per heavy atom. The zero-order valence-electron chi connectivity index (χ0n) is 15.9. The number of nitrogens with zero attached hydrogens (tertiary/aromatic N) is 2. The van der Waals surface area contributed by atoms with Gasteiger partial charge in [-0.05, 0) is 37.6 Å². The van der Waals surface area contributed by atoms with E-state index in [1.165, 1.54) is 6.08 Å². The van der Waals surface area contributed by atoms with Gasteiger partial charge in [-0.15, -0.1) is 0 Å². The lowest BCUT2D eigenvalue weighted by molar-refractivity contribution is -0.138. The molecule has 0 radical (unpaired) electrons. The highest BCUT2D eigenvalue weighted by Gasteiger charge is 2.15. The third kappa shape index (κ3) is 7.33. The lowest BCUT2D eigenvalue weighted by Gasteiger charge is -2.20. The number of anilines is 1. The first-order valence-electron chi connectivity index (χ1n) is 8.71. The lowest BCUT2D eigenvalue weighted by Crippen LogP contribution is -2.30. The SMILES string of the molecule is C=CC(=O)OCCNC(=O)OC(=O)/C(C#N)=C/c1ccc(N(CC)CC)cc1. The number of alkyl carbamates (subject to hydrolysis) is 1. The summed E-state index contributed by atoms with van der Waals surface area (Å²) < 4.78 is 9.21. The van der Waals surface area contributed by atoms with Gasteiger partial charge in [0.05, 0.1) is 6.54 Å². The van der Waals surface area contributed by atoms with Crippen LogP contribution in [-0.4, -0.2) is 44.3 Å². The molecule has 1 rings (SSSR count). The van der Waals surface area contributed by atoms with Crippen LogP contribution in [0.25, 0.3) is 6.08 Å². The Hall–Kier alpha value is -3.60. The van der Waals surface area contributed by atoms with E-state index in [1.807, 2.05) is 12.1 Å². The summed E-state index contributed by atoms with van der Waals surface area (Å²) >= 11 is 0. The Kier molecular flexibility index (Phi) is 9.54. The fourth-order valence-corrected chi connectivity index (χ4v) is 2.21. The summed E-state index contributed by atoms with van der Waals surface area (Å²) in [5.74, 6) is -1.70. The predicted octanol–water partition coefficient (Wildman–Crippen LogP) is 2.42. The first kappa shape index (κ1) is 22.4. The van der Waals surface area contributed by atoms with Gasteiger partial charge in [0.15, 0.2) is 0 Å². The zero-order chi connectivity index (χ0) is 20.9. The summed E-state index contributed by atoms with van der Waals surface area (Å²) in [6.07, 6.45) is 1.28. The van der Waals surface area contributed by atoms with Crippen LogP contribution < -0.4 is 10.2 Å². The largest absolute Gasteiger partial charge is 0.461 e. The van der Waals surface area contributed by atoms with Crippen molar-refractivity contribution in [2.45, 2.75) is 13.8 Å². The van der Waals surface area contributed by atoms with E-state index in [0.29, 0.717) is 5.56 Å². The highest BCUT2D eigenvalue weighted by molar-refractivity contribution is 6.02. The van der Waals surface area contributed by atoms with E-state index in [9.17, 15) is 14.4 Å². The predicted molar refractivity (Wildman–Crippen MR) is 104 cm³/mol. The number of carbonyl (C=O) groups excluding carboxylic acids is 3. The van der Waals surface area contributed by atoms with Crippen molar-refractivity contribution in [2.24, 2.45) is 0 Å². The van der Waals surface area contributed by atoms with Crippen molar-refractivity contribution in [2.75, 3.05) is 31.1 Å². The molecule has 0 fully saturated rings. The molecule has 0 aliphatic rings. The van der Waals surface area contributed by atoms with Crippen LogP contribution in [0.2, 0.25) is 0 Å². The number of hydrogen-bond donors (Lipinski definition) is 1. The number of amides is 1. The summed E-state index contributed by atoms with van der Waals surface area (Å²) in [5, 5.41) is 11.4. The molecular formula is C20H23N3O5. The Bertz CT molecular complexity index is 774. The molecule has 0 aromatic heterocycles. The fourth-order valence-electron chi connectivity index (χ4n) is 2.21. The maximum absolute atomic E-state index is 12.0. The molecule has 1 N–H and O–H groups in total. The summed E-state index contributed by atoms with van der Waals surface area (Å²) in [4.78, 5) is 36.5. The van der Waals surface area contributed by atoms with Crippen molar-refractivity contribution in [3.05, 3.63) is 48.1 Å². The van der Waals surface area contributed by atoms with Gasteiger partial charge in [-0.25, -0.2) is 14.4 Å². The number of esters is 2. The van der Waals surface area contributed by atoms with Crippen LogP contribution in [0.1, 0.15) is 19.4 Å². The molecule has 0 aliphatic carbocycles. The van der Waals surface area contributed by atoms with Crippen LogP contribution >= 0.6 is 0 Å². The molecule has 1 aromatic rings. The second-order valence-corrected chi connectivity index (χ2v) is 5.41. The Morgan fingerprint density at radius 3 is 2.39 bits per heavy atom. The van der Waals surface area contributed by atoms with Gasteiger partial charge in [0.2, 0.25) is 0 Å². The van der Waals surface area contributed by atoms with E-state index in [2.05, 4.69) is 40.1 Å². The second-order valence-electron chi connectivity index (χ2n) is 5.41. The van der Waals surface area contributed by atoms with Gasteiger partial charge in [-0.2, -0.15) is 5.26 Å². The normalized spacial score (nSPS) is 10.4. The van der Waals surface area contributed by atoms with E-state index < -0.39 is 18.0 Å². The van der Waals surface area contributed by atoms with E-state index in [0.717, 1.165) is 24.9 Å². The minimum absolute atomic E-state index is 0.0515. The molecule has 0 atom stereocenters. The summed E-state index contributed by atoms with van der Waals surface area (Å²) in [6, 6.07) is 9.03. The van der Waals surface area contributed by atoms with Crippen molar-refractivity contribution in [1.29, 1.82) is 5.26 Å². The number of ether oxygens (including phenoxy) is 2. The standard InChI is InChI=1S/C20H23N3O5/c1-4-18(24)27-12-11-22-20(26)28-19(25)16(14-21)13-15-7-9-17(10-8-15)23(5-2)6-3/h4,7-10,13H,1,5-6,11-12H2,2-3H3,(H,22,26)/b16-13+. The van der Waals surface area contributed by atoms with E-state index in [-0.39, 0.29) is 18.7 Å². The third-order valence-electron chi connectivity index (χ3n) is 3.64. The minimum atomic E-state index is -1.07. The van der Waals surface area contributed by atoms with Gasteiger partial charge in [0.25, 0.3) is 0 Å². The molecule has 0 aliphatic heterocycles. The van der Waals surface area contributed by atoms with Crippen LogP contribution in [-0.2, 0) is 19.1 Å². The van der Waals surface area contributed by atoms with Gasteiger partial charge in [-0.1, -0.05) is 18.7 Å². The molecular weight excluding hydrogens is 362 g/mol. The average molecular weight is 385 g/mol. The van der Waals surface area contributed by atoms with Gasteiger partial charge in [-0.3, -0.25) is 0 Å². The van der Waals surface area contributed by atoms with Gasteiger partial charge in [0.1, 0.15) is 18.2 Å². The monoisotopic (exact) mass is 385 g/mol. The van der Waals surface area contributed by atoms with Crippen molar-refractivity contribution >= 4 is 29.8 Å². The van der Waals surface area contributed by atoms with Crippen molar-refractivity contribution < 1.29 is 23.9 Å². The van der Waals surface area contributed by atoms with Crippen LogP contribution in [0.5, 0.6) is 0 Å². The molecule has 8 heteroatoms. The van der Waals surface area contributed by atoms with E-state index in [1.54, 1.807) is 18.2 Å². The Balaban J connectivity index is 2.65. The maximum Gasteiger partial charge on any atom is 0.415 e. The Labute approximate surface area is 164 Å². The molecule has 1 amide bonds. The molecule has 0 bridgehead atoms. The maximum atomic E-state index is 12.0. The zero-order valence-corrected chi connectivity index (χ0v) is 15.9. The minimum Gasteiger partial charge on any atom is -0.461 e. The summed E-state index contributed by atoms with van der Waals surface area (Å²) in [7, 11) is 0. The first-order valence-corrected chi connectivity index (χ1v) is 8.71. The molecule has 0 spiro atoms. The van der Waals surface area contributed by atoms with Gasteiger partial charge in [0, 0.05) is 24.9 Å². The van der Waals surface area contributed by atoms with Gasteiger partial charge < -0.3 is 19.7 Å². The van der Waals surface area contributed by atoms with E-state index >= 15 is 0 Å². The first-order chi connectivity index (χ1) is 13.4. The van der Waals surface area contributed by atoms with Crippen molar-refractivity contribution in [3.63, 3.8) is 0 Å². The molecule has 0 heterocycles. The van der Waals surface area contributed by atoms with E-state index in [4.69, 9.17) is 5.26 Å². The van der Waals surface area contributed by atoms with Crippen LogP contribution in [0.4, 0.5) is 10.5 Å². The average Bonchev–Trinajstić information content (AvgIpc) is 2.70. The number of carbonyl (C=O) groups is 3. The molecule has 28 heavy (non-hydrogen) atoms. The van der Waals surface area contributed by atoms with Crippen molar-refractivity contribution in [1.82, 2.24) is 5.32 Å². The van der Waals surface area contributed by atoms with Crippen LogP contribution in [0.3, 0.4) is 0 Å². The van der Waals surface area contributed by atoms with Crippen LogP contribution in [0.15, 0.2) is 42.5 Å². The van der Waals surface area contributed by atoms with Crippen LogP contribution in [0, 0.1) is 11.3 Å². The molecule has 148 valence electrons. The molecule has 0 saturated heterocycles. The molecule has 8 nitrogen and oxygen atoms in total. The molecule has 1 aromatic carbocycles. The molecule has 0 unspecified atom stereocenters. The summed E-state index contributed by atoms with van der Waals surface area (Å²) in [6.45, 7) is 8.91. The third-order valence-corrected chi connectivity index (χ3v) is 3.64. The highest BCUT2D eigenvalue weighted by atomic mass is 16.6. The smallest absolute Gasteiger partial charge is 0.415 e. The lowest BCUT2D eigenvalue weighted by atomic mass is 10.1. The second kappa shape index (κ2) is 11.9. The topological polar surface area (TPSA) is 109 Å². The number of nitrogens with one attached hydrogen (secondary N) is 1. The fraction of sp³-hybridized carbons (Fsp3) is 0.300. The number of hydrogen-bond acceptors (Lipinski definition) is 7. The number of benzene rings is 1. The number of nitriles is 1. The summed E-state index contributed by atoms with van der Waals surface area (Å²) in [5.41, 5.74) is 1.34. The quantitative estimate of drug-likeness (QED) is 0.229. The van der Waals surface area contributed by atoms with Gasteiger partial charge >= 0.3 is 18.0 Å². The molecule has 0 saturated carbocycles. The highest BCUT2D eigenvalue weighted by Crippen LogP contribution is 2.17. The number of rotatable bonds is 9.